The monoisotopic (exact) mass is 466 g/mol. The highest BCUT2D eigenvalue weighted by atomic mass is 32.1. The summed E-state index contributed by atoms with van der Waals surface area (Å²) in [5.41, 5.74) is 2.75. The average Bonchev–Trinajstić information content (AvgIpc) is 3.39. The van der Waals surface area contributed by atoms with Gasteiger partial charge in [0.05, 0.1) is 36.6 Å². The van der Waals surface area contributed by atoms with Gasteiger partial charge in [-0.2, -0.15) is 0 Å². The van der Waals surface area contributed by atoms with Crippen molar-refractivity contribution in [2.75, 3.05) is 14.2 Å². The number of benzene rings is 2. The van der Waals surface area contributed by atoms with Gasteiger partial charge in [0.1, 0.15) is 17.7 Å². The number of esters is 1. The number of rotatable bonds is 7. The zero-order valence-corrected chi connectivity index (χ0v) is 19.4. The van der Waals surface area contributed by atoms with Gasteiger partial charge in [0.15, 0.2) is 11.5 Å². The Morgan fingerprint density at radius 2 is 1.82 bits per heavy atom. The van der Waals surface area contributed by atoms with Crippen molar-refractivity contribution >= 4 is 29.1 Å². The van der Waals surface area contributed by atoms with Crippen LogP contribution in [-0.4, -0.2) is 47.9 Å². The van der Waals surface area contributed by atoms with Crippen molar-refractivity contribution in [3.05, 3.63) is 64.2 Å². The van der Waals surface area contributed by atoms with E-state index in [1.807, 2.05) is 19.1 Å². The van der Waals surface area contributed by atoms with Crippen molar-refractivity contribution in [3.63, 3.8) is 0 Å². The highest BCUT2D eigenvalue weighted by Gasteiger charge is 2.41. The van der Waals surface area contributed by atoms with E-state index in [4.69, 9.17) is 14.2 Å². The lowest BCUT2D eigenvalue weighted by atomic mass is 10.1. The Morgan fingerprint density at radius 1 is 1.06 bits per heavy atom. The minimum atomic E-state index is -1.06. The second-order valence-electron chi connectivity index (χ2n) is 7.50. The van der Waals surface area contributed by atoms with Gasteiger partial charge in [-0.25, -0.2) is 9.78 Å². The molecule has 8 nitrogen and oxygen atoms in total. The lowest BCUT2D eigenvalue weighted by Crippen LogP contribution is -2.43. The Balaban J connectivity index is 1.45. The van der Waals surface area contributed by atoms with Crippen LogP contribution < -0.4 is 9.47 Å². The zero-order chi connectivity index (χ0) is 23.7. The molecule has 1 aliphatic rings. The molecule has 0 radical (unpaired) electrons. The number of aryl methyl sites for hydroxylation is 1. The standard InChI is InChI=1S/C24H22N2O6S/c1-13-8-9-16-18(10-13)23(28)26(22(16)27)14(2)24(29)32-11-15-12-33-21(25-15)17-6-5-7-19(30-3)20(17)31-4/h5-10,12,14H,11H2,1-4H3. The molecule has 1 unspecified atom stereocenters. The average molecular weight is 467 g/mol. The molecule has 0 fully saturated rings. The van der Waals surface area contributed by atoms with E-state index in [1.165, 1.54) is 18.3 Å². The van der Waals surface area contributed by atoms with E-state index in [1.54, 1.807) is 43.9 Å². The largest absolute Gasteiger partial charge is 0.493 e. The molecule has 0 saturated carbocycles. The topological polar surface area (TPSA) is 95.0 Å². The van der Waals surface area contributed by atoms with Crippen LogP contribution in [0.15, 0.2) is 41.8 Å². The Hall–Kier alpha value is -3.72. The van der Waals surface area contributed by atoms with Gasteiger partial charge in [-0.15, -0.1) is 11.3 Å². The number of methoxy groups -OCH3 is 2. The van der Waals surface area contributed by atoms with Gasteiger partial charge >= 0.3 is 5.97 Å². The second kappa shape index (κ2) is 9.03. The minimum Gasteiger partial charge on any atom is -0.493 e. The molecule has 3 aromatic rings. The van der Waals surface area contributed by atoms with Gasteiger partial charge < -0.3 is 14.2 Å². The number of aromatic nitrogens is 1. The Bertz CT molecular complexity index is 1250. The number of ether oxygens (including phenoxy) is 3. The third kappa shape index (κ3) is 4.07. The van der Waals surface area contributed by atoms with Gasteiger partial charge in [-0.05, 0) is 38.1 Å². The number of fused-ring (bicyclic) bond motifs is 1. The van der Waals surface area contributed by atoms with Crippen molar-refractivity contribution < 1.29 is 28.6 Å². The molecule has 1 atom stereocenters. The third-order valence-electron chi connectivity index (χ3n) is 5.35. The van der Waals surface area contributed by atoms with Crippen molar-refractivity contribution in [2.24, 2.45) is 0 Å². The molecule has 33 heavy (non-hydrogen) atoms. The van der Waals surface area contributed by atoms with E-state index < -0.39 is 23.8 Å². The summed E-state index contributed by atoms with van der Waals surface area (Å²) in [5.74, 6) is -0.532. The lowest BCUT2D eigenvalue weighted by molar-refractivity contribution is -0.149. The molecule has 1 aliphatic heterocycles. The Labute approximate surface area is 194 Å². The quantitative estimate of drug-likeness (QED) is 0.385. The van der Waals surface area contributed by atoms with Crippen molar-refractivity contribution in [1.29, 1.82) is 0 Å². The molecule has 0 saturated heterocycles. The van der Waals surface area contributed by atoms with Gasteiger partial charge in [0.2, 0.25) is 0 Å². The number of carbonyl (C=O) groups excluding carboxylic acids is 3. The first-order chi connectivity index (χ1) is 15.8. The van der Waals surface area contributed by atoms with Gasteiger partial charge in [0.25, 0.3) is 11.8 Å². The molecule has 2 aromatic carbocycles. The highest BCUT2D eigenvalue weighted by Crippen LogP contribution is 2.39. The highest BCUT2D eigenvalue weighted by molar-refractivity contribution is 7.13. The van der Waals surface area contributed by atoms with Crippen molar-refractivity contribution in [1.82, 2.24) is 9.88 Å². The second-order valence-corrected chi connectivity index (χ2v) is 8.36. The number of carbonyl (C=O) groups is 3. The van der Waals surface area contributed by atoms with Crippen molar-refractivity contribution in [3.8, 4) is 22.1 Å². The smallest absolute Gasteiger partial charge is 0.329 e. The maximum absolute atomic E-state index is 12.7. The maximum atomic E-state index is 12.7. The summed E-state index contributed by atoms with van der Waals surface area (Å²) in [6.45, 7) is 3.22. The van der Waals surface area contributed by atoms with Crippen LogP contribution in [0.4, 0.5) is 0 Å². The van der Waals surface area contributed by atoms with E-state index in [-0.39, 0.29) is 6.61 Å². The number of imide groups is 1. The zero-order valence-electron chi connectivity index (χ0n) is 18.6. The van der Waals surface area contributed by atoms with Gasteiger partial charge in [-0.1, -0.05) is 17.7 Å². The van der Waals surface area contributed by atoms with Crippen LogP contribution in [-0.2, 0) is 16.1 Å². The first kappa shape index (κ1) is 22.5. The summed E-state index contributed by atoms with van der Waals surface area (Å²) in [4.78, 5) is 43.5. The number of hydrogen-bond acceptors (Lipinski definition) is 8. The molecule has 2 heterocycles. The molecule has 0 N–H and O–H groups in total. The lowest BCUT2D eigenvalue weighted by Gasteiger charge is -2.20. The van der Waals surface area contributed by atoms with Gasteiger partial charge in [-0.3, -0.25) is 14.5 Å². The molecular formula is C24H22N2O6S. The summed E-state index contributed by atoms with van der Waals surface area (Å²) in [7, 11) is 3.12. The summed E-state index contributed by atoms with van der Waals surface area (Å²) < 4.78 is 16.2. The number of nitrogens with zero attached hydrogens (tertiary/aromatic N) is 2. The van der Waals surface area contributed by atoms with E-state index in [0.29, 0.717) is 33.3 Å². The summed E-state index contributed by atoms with van der Waals surface area (Å²) in [6, 6.07) is 9.44. The third-order valence-corrected chi connectivity index (χ3v) is 6.27. The molecular weight excluding hydrogens is 444 g/mol. The van der Waals surface area contributed by atoms with Crippen LogP contribution in [0.25, 0.3) is 10.6 Å². The first-order valence-corrected chi connectivity index (χ1v) is 11.0. The molecule has 0 bridgehead atoms. The molecule has 9 heteroatoms. The number of amides is 2. The van der Waals surface area contributed by atoms with E-state index in [2.05, 4.69) is 4.98 Å². The van der Waals surface area contributed by atoms with Crippen LogP contribution in [0.5, 0.6) is 11.5 Å². The van der Waals surface area contributed by atoms with Crippen LogP contribution in [0, 0.1) is 6.92 Å². The SMILES string of the molecule is COc1cccc(-c2nc(COC(=O)C(C)N3C(=O)c4ccc(C)cc4C3=O)cs2)c1OC. The summed E-state index contributed by atoms with van der Waals surface area (Å²) in [6.07, 6.45) is 0. The fourth-order valence-corrected chi connectivity index (χ4v) is 4.47. The van der Waals surface area contributed by atoms with Crippen LogP contribution in [0.3, 0.4) is 0 Å². The maximum Gasteiger partial charge on any atom is 0.329 e. The fraction of sp³-hybridized carbons (Fsp3) is 0.250. The normalized spacial score (nSPS) is 13.6. The molecule has 170 valence electrons. The predicted molar refractivity (Wildman–Crippen MR) is 122 cm³/mol. The first-order valence-electron chi connectivity index (χ1n) is 10.2. The molecule has 1 aromatic heterocycles. The molecule has 4 rings (SSSR count). The number of hydrogen-bond donors (Lipinski definition) is 0. The van der Waals surface area contributed by atoms with E-state index in [9.17, 15) is 14.4 Å². The fourth-order valence-electron chi connectivity index (χ4n) is 3.65. The van der Waals surface area contributed by atoms with E-state index >= 15 is 0 Å². The Morgan fingerprint density at radius 3 is 2.55 bits per heavy atom. The molecule has 0 spiro atoms. The van der Waals surface area contributed by atoms with E-state index in [0.717, 1.165) is 16.0 Å². The minimum absolute atomic E-state index is 0.0891. The van der Waals surface area contributed by atoms with Crippen molar-refractivity contribution in [2.45, 2.75) is 26.5 Å². The Kier molecular flexibility index (Phi) is 6.15. The van der Waals surface area contributed by atoms with Crippen LogP contribution in [0.2, 0.25) is 0 Å². The number of thiazole rings is 1. The van der Waals surface area contributed by atoms with Crippen LogP contribution >= 0.6 is 11.3 Å². The molecule has 0 aliphatic carbocycles. The summed E-state index contributed by atoms with van der Waals surface area (Å²) in [5, 5.41) is 2.46. The summed E-state index contributed by atoms with van der Waals surface area (Å²) >= 11 is 1.37. The predicted octanol–water partition coefficient (Wildman–Crippen LogP) is 3.86. The number of para-hydroxylation sites is 1. The van der Waals surface area contributed by atoms with Crippen LogP contribution in [0.1, 0.15) is 38.9 Å². The van der Waals surface area contributed by atoms with Gasteiger partial charge in [0, 0.05) is 5.38 Å². The molecule has 2 amide bonds.